The van der Waals surface area contributed by atoms with Crippen molar-refractivity contribution in [3.63, 3.8) is 0 Å². The summed E-state index contributed by atoms with van der Waals surface area (Å²) >= 11 is 6.44. The normalized spacial score (nSPS) is 11.6. The highest BCUT2D eigenvalue weighted by atomic mass is 33.1. The van der Waals surface area contributed by atoms with Crippen molar-refractivity contribution in [1.29, 1.82) is 0 Å². The highest BCUT2D eigenvalue weighted by Gasteiger charge is 2.48. The topological polar surface area (TPSA) is 69.2 Å². The number of hydrogen-bond acceptors (Lipinski definition) is 7. The molecule has 138 valence electrons. The van der Waals surface area contributed by atoms with Crippen LogP contribution in [0.5, 0.6) is 5.75 Å². The molecule has 0 radical (unpaired) electrons. The molecular weight excluding hydrogens is 409 g/mol. The van der Waals surface area contributed by atoms with Crippen LogP contribution in [-0.4, -0.2) is 23.9 Å². The van der Waals surface area contributed by atoms with Crippen molar-refractivity contribution in [2.45, 2.75) is 5.51 Å². The molecule has 26 heavy (non-hydrogen) atoms. The third-order valence-corrected chi connectivity index (χ3v) is 4.13. The Kier molecular flexibility index (Phi) is 6.37. The summed E-state index contributed by atoms with van der Waals surface area (Å²) in [7, 11) is -5.69. The number of alkyl halides is 3. The van der Waals surface area contributed by atoms with Gasteiger partial charge in [0.25, 0.3) is 0 Å². The van der Waals surface area contributed by atoms with Crippen molar-refractivity contribution in [2.75, 3.05) is 0 Å². The fraction of sp³-hybridized carbons (Fsp3) is 0.0667. The summed E-state index contributed by atoms with van der Waals surface area (Å²) in [5.74, 6) is -0.428. The molecule has 2 aromatic heterocycles. The summed E-state index contributed by atoms with van der Waals surface area (Å²) in [6.45, 7) is 0. The molecule has 3 rings (SSSR count). The van der Waals surface area contributed by atoms with E-state index in [1.807, 2.05) is 0 Å². The fourth-order valence-electron chi connectivity index (χ4n) is 2.08. The second-order valence-corrected chi connectivity index (χ2v) is 6.28. The Morgan fingerprint density at radius 3 is 2.19 bits per heavy atom. The molecular formula is C15H11F3N2O3S3. The molecule has 0 N–H and O–H groups in total. The summed E-state index contributed by atoms with van der Waals surface area (Å²) in [5, 5.41) is 0. The maximum atomic E-state index is 12.3. The Labute approximate surface area is 157 Å². The Balaban J connectivity index is 0.00000117. The fourth-order valence-corrected chi connectivity index (χ4v) is 2.54. The second-order valence-electron chi connectivity index (χ2n) is 4.74. The van der Waals surface area contributed by atoms with Crippen molar-refractivity contribution < 1.29 is 25.8 Å². The zero-order valence-electron chi connectivity index (χ0n) is 12.8. The molecule has 0 aliphatic heterocycles. The van der Waals surface area contributed by atoms with E-state index in [0.29, 0.717) is 22.2 Å². The monoisotopic (exact) mass is 420 g/mol. The third-order valence-electron chi connectivity index (χ3n) is 3.15. The van der Waals surface area contributed by atoms with Crippen LogP contribution < -0.4 is 4.18 Å². The van der Waals surface area contributed by atoms with Crippen LogP contribution in [-0.2, 0) is 10.1 Å². The summed E-state index contributed by atoms with van der Waals surface area (Å²) in [6, 6.07) is 10.4. The zero-order valence-corrected chi connectivity index (χ0v) is 15.4. The van der Waals surface area contributed by atoms with Crippen LogP contribution in [0, 0.1) is 0 Å². The lowest BCUT2D eigenvalue weighted by atomic mass is 10.0. The predicted molar refractivity (Wildman–Crippen MR) is 98.5 cm³/mol. The van der Waals surface area contributed by atoms with Gasteiger partial charge in [-0.3, -0.25) is 9.97 Å². The van der Waals surface area contributed by atoms with Gasteiger partial charge in [0, 0.05) is 18.0 Å². The summed E-state index contributed by atoms with van der Waals surface area (Å²) < 4.78 is 63.0. The molecule has 5 nitrogen and oxygen atoms in total. The van der Waals surface area contributed by atoms with Crippen LogP contribution in [0.4, 0.5) is 13.2 Å². The van der Waals surface area contributed by atoms with Gasteiger partial charge >= 0.3 is 15.6 Å². The van der Waals surface area contributed by atoms with Crippen LogP contribution in [0.25, 0.3) is 22.2 Å². The average molecular weight is 420 g/mol. The minimum atomic E-state index is -5.69. The highest BCUT2D eigenvalue weighted by Crippen LogP contribution is 2.30. The molecule has 11 heteroatoms. The SMILES string of the molecule is O=S(=O)(Oc1ccc(-c2ccnc3cccnc23)cc1)C(F)(F)F.SS. The number of hydrogen-bond donors (Lipinski definition) is 2. The van der Waals surface area contributed by atoms with E-state index in [-0.39, 0.29) is 0 Å². The molecule has 1 aromatic carbocycles. The van der Waals surface area contributed by atoms with E-state index in [9.17, 15) is 21.6 Å². The van der Waals surface area contributed by atoms with Gasteiger partial charge in [-0.15, -0.1) is 23.3 Å². The number of rotatable bonds is 3. The summed E-state index contributed by atoms with van der Waals surface area (Å²) in [4.78, 5) is 8.40. The molecule has 2 heterocycles. The molecule has 0 amide bonds. The van der Waals surface area contributed by atoms with Gasteiger partial charge in [0.15, 0.2) is 0 Å². The molecule has 3 aromatic rings. The van der Waals surface area contributed by atoms with Crippen LogP contribution in [0.3, 0.4) is 0 Å². The molecule has 0 spiro atoms. The molecule has 0 fully saturated rings. The maximum absolute atomic E-state index is 12.3. The maximum Gasteiger partial charge on any atom is 0.534 e. The average Bonchev–Trinajstić information content (AvgIpc) is 2.62. The van der Waals surface area contributed by atoms with Crippen LogP contribution in [0.1, 0.15) is 0 Å². The Morgan fingerprint density at radius 2 is 1.58 bits per heavy atom. The number of benzene rings is 1. The second kappa shape index (κ2) is 8.14. The van der Waals surface area contributed by atoms with Gasteiger partial charge in [-0.05, 0) is 35.9 Å². The van der Waals surface area contributed by atoms with E-state index in [2.05, 4.69) is 37.5 Å². The molecule has 0 unspecified atom stereocenters. The van der Waals surface area contributed by atoms with E-state index in [1.165, 1.54) is 12.1 Å². The summed E-state index contributed by atoms with van der Waals surface area (Å²) in [6.07, 6.45) is 3.18. The minimum Gasteiger partial charge on any atom is -0.376 e. The first-order valence-electron chi connectivity index (χ1n) is 6.79. The molecule has 0 saturated heterocycles. The molecule has 0 atom stereocenters. The van der Waals surface area contributed by atoms with Gasteiger partial charge in [-0.1, -0.05) is 12.1 Å². The quantitative estimate of drug-likeness (QED) is 0.286. The zero-order chi connectivity index (χ0) is 19.4. The highest BCUT2D eigenvalue weighted by molar-refractivity contribution is 8.59. The minimum absolute atomic E-state index is 0.428. The van der Waals surface area contributed by atoms with Gasteiger partial charge in [0.1, 0.15) is 5.75 Å². The Hall–Kier alpha value is -1.98. The standard InChI is InChI=1S/C15H9F3N2O3S.H2S2/c16-15(17,18)24(21,22)23-11-5-3-10(4-6-11)12-7-9-19-13-2-1-8-20-14(12)13;1-2/h1-9H;1-2H. The lowest BCUT2D eigenvalue weighted by Gasteiger charge is -2.10. The van der Waals surface area contributed by atoms with E-state index >= 15 is 0 Å². The van der Waals surface area contributed by atoms with Crippen molar-refractivity contribution >= 4 is 44.5 Å². The van der Waals surface area contributed by atoms with Crippen LogP contribution >= 0.6 is 23.3 Å². The van der Waals surface area contributed by atoms with Gasteiger partial charge < -0.3 is 4.18 Å². The first kappa shape index (κ1) is 20.3. The Bertz CT molecular complexity index is 989. The van der Waals surface area contributed by atoms with E-state index in [0.717, 1.165) is 12.1 Å². The lowest BCUT2D eigenvalue weighted by molar-refractivity contribution is -0.0500. The van der Waals surface area contributed by atoms with Crippen molar-refractivity contribution in [3.8, 4) is 16.9 Å². The number of thiol groups is 2. The van der Waals surface area contributed by atoms with Crippen molar-refractivity contribution in [1.82, 2.24) is 9.97 Å². The third kappa shape index (κ3) is 4.40. The van der Waals surface area contributed by atoms with Crippen LogP contribution in [0.2, 0.25) is 0 Å². The number of fused-ring (bicyclic) bond motifs is 1. The first-order chi connectivity index (χ1) is 12.3. The summed E-state index contributed by atoms with van der Waals surface area (Å²) in [5.41, 5.74) is -2.84. The predicted octanol–water partition coefficient (Wildman–Crippen LogP) is 4.29. The van der Waals surface area contributed by atoms with Crippen LogP contribution in [0.15, 0.2) is 54.9 Å². The van der Waals surface area contributed by atoms with Crippen molar-refractivity contribution in [2.24, 2.45) is 0 Å². The van der Waals surface area contributed by atoms with E-state index in [4.69, 9.17) is 0 Å². The Morgan fingerprint density at radius 1 is 0.923 bits per heavy atom. The van der Waals surface area contributed by atoms with E-state index in [1.54, 1.807) is 30.6 Å². The van der Waals surface area contributed by atoms with E-state index < -0.39 is 21.4 Å². The largest absolute Gasteiger partial charge is 0.534 e. The number of pyridine rings is 2. The van der Waals surface area contributed by atoms with Gasteiger partial charge in [0.2, 0.25) is 0 Å². The smallest absolute Gasteiger partial charge is 0.376 e. The molecule has 0 saturated carbocycles. The number of aromatic nitrogens is 2. The van der Waals surface area contributed by atoms with Gasteiger partial charge in [-0.2, -0.15) is 21.6 Å². The van der Waals surface area contributed by atoms with Gasteiger partial charge in [-0.25, -0.2) is 0 Å². The molecule has 0 aliphatic carbocycles. The lowest BCUT2D eigenvalue weighted by Crippen LogP contribution is -2.28. The van der Waals surface area contributed by atoms with Gasteiger partial charge in [0.05, 0.1) is 11.0 Å². The number of nitrogens with zero attached hydrogens (tertiary/aromatic N) is 2. The first-order valence-corrected chi connectivity index (χ1v) is 9.80. The molecule has 0 bridgehead atoms. The van der Waals surface area contributed by atoms with Crippen molar-refractivity contribution in [3.05, 3.63) is 54.9 Å². The molecule has 0 aliphatic rings. The number of halogens is 3.